The first-order chi connectivity index (χ1) is 9.27. The number of primary amides is 1. The average molecular weight is 288 g/mol. The summed E-state index contributed by atoms with van der Waals surface area (Å²) in [6.45, 7) is 8.61. The summed E-state index contributed by atoms with van der Waals surface area (Å²) in [6, 6.07) is 8.47. The van der Waals surface area contributed by atoms with Gasteiger partial charge in [-0.25, -0.2) is 4.98 Å². The lowest BCUT2D eigenvalue weighted by Crippen LogP contribution is -2.13. The molecule has 0 aliphatic rings. The molecular weight excluding hydrogens is 268 g/mol. The number of nitrogens with two attached hydrogens (primary N) is 1. The fourth-order valence-electron chi connectivity index (χ4n) is 2.07. The van der Waals surface area contributed by atoms with Crippen LogP contribution in [0.5, 0.6) is 0 Å². The first-order valence-corrected chi connectivity index (χ1v) is 7.44. The quantitative estimate of drug-likeness (QED) is 0.940. The first kappa shape index (κ1) is 14.7. The van der Waals surface area contributed by atoms with Crippen molar-refractivity contribution in [3.05, 3.63) is 39.7 Å². The molecule has 1 amide bonds. The third kappa shape index (κ3) is 3.25. The molecule has 2 N–H and O–H groups in total. The Balaban J connectivity index is 2.32. The molecular formula is C16H20N2OS. The highest BCUT2D eigenvalue weighted by Crippen LogP contribution is 2.30. The van der Waals surface area contributed by atoms with Crippen LogP contribution in [0.15, 0.2) is 24.3 Å². The van der Waals surface area contributed by atoms with Crippen LogP contribution >= 0.6 is 11.3 Å². The Hall–Kier alpha value is -1.68. The molecule has 106 valence electrons. The molecule has 1 heterocycles. The molecule has 0 atom stereocenters. The van der Waals surface area contributed by atoms with Crippen LogP contribution in [0, 0.1) is 6.92 Å². The predicted molar refractivity (Wildman–Crippen MR) is 83.9 cm³/mol. The summed E-state index contributed by atoms with van der Waals surface area (Å²) in [5, 5.41) is 0.782. The fourth-order valence-corrected chi connectivity index (χ4v) is 3.04. The monoisotopic (exact) mass is 288 g/mol. The number of carbonyl (C=O) groups excluding carboxylic acids is 1. The van der Waals surface area contributed by atoms with Gasteiger partial charge in [0.1, 0.15) is 5.01 Å². The second kappa shape index (κ2) is 5.37. The number of aryl methyl sites for hydroxylation is 1. The van der Waals surface area contributed by atoms with E-state index >= 15 is 0 Å². The number of nitrogens with zero attached hydrogens (tertiary/aromatic N) is 1. The van der Waals surface area contributed by atoms with E-state index in [1.807, 2.05) is 6.92 Å². The number of carbonyl (C=O) groups is 1. The standard InChI is InChI=1S/C16H20N2OS/c1-10-15(18-14(20-10)9-13(17)19)11-5-7-12(8-6-11)16(2,3)4/h5-8H,9H2,1-4H3,(H2,17,19). The molecule has 0 aliphatic carbocycles. The summed E-state index contributed by atoms with van der Waals surface area (Å²) in [7, 11) is 0. The van der Waals surface area contributed by atoms with Crippen LogP contribution in [0.1, 0.15) is 36.2 Å². The van der Waals surface area contributed by atoms with E-state index in [1.54, 1.807) is 0 Å². The van der Waals surface area contributed by atoms with Crippen LogP contribution in [0.4, 0.5) is 0 Å². The smallest absolute Gasteiger partial charge is 0.224 e. The predicted octanol–water partition coefficient (Wildman–Crippen LogP) is 3.44. The Morgan fingerprint density at radius 3 is 2.35 bits per heavy atom. The van der Waals surface area contributed by atoms with E-state index in [4.69, 9.17) is 5.73 Å². The van der Waals surface area contributed by atoms with E-state index in [0.29, 0.717) is 0 Å². The molecule has 3 nitrogen and oxygen atoms in total. The Morgan fingerprint density at radius 1 is 1.25 bits per heavy atom. The molecule has 1 aromatic carbocycles. The van der Waals surface area contributed by atoms with Crippen LogP contribution in [0.2, 0.25) is 0 Å². The highest BCUT2D eigenvalue weighted by molar-refractivity contribution is 7.12. The molecule has 20 heavy (non-hydrogen) atoms. The molecule has 0 fully saturated rings. The summed E-state index contributed by atoms with van der Waals surface area (Å²) in [5.74, 6) is -0.339. The zero-order valence-corrected chi connectivity index (χ0v) is 13.2. The number of hydrogen-bond acceptors (Lipinski definition) is 3. The fraction of sp³-hybridized carbons (Fsp3) is 0.375. The maximum Gasteiger partial charge on any atom is 0.224 e. The summed E-state index contributed by atoms with van der Waals surface area (Å²) in [5.41, 5.74) is 8.70. The Bertz CT molecular complexity index is 621. The molecule has 0 unspecified atom stereocenters. The van der Waals surface area contributed by atoms with Crippen molar-refractivity contribution < 1.29 is 4.79 Å². The largest absolute Gasteiger partial charge is 0.369 e. The second-order valence-electron chi connectivity index (χ2n) is 5.98. The Kier molecular flexibility index (Phi) is 3.95. The highest BCUT2D eigenvalue weighted by Gasteiger charge is 2.15. The number of thiazole rings is 1. The Labute approximate surface area is 123 Å². The summed E-state index contributed by atoms with van der Waals surface area (Å²) in [6.07, 6.45) is 0.214. The number of aromatic nitrogens is 1. The van der Waals surface area contributed by atoms with Crippen molar-refractivity contribution in [2.24, 2.45) is 5.73 Å². The van der Waals surface area contributed by atoms with Gasteiger partial charge in [0.2, 0.25) is 5.91 Å². The van der Waals surface area contributed by atoms with E-state index < -0.39 is 0 Å². The van der Waals surface area contributed by atoms with Gasteiger partial charge in [0.15, 0.2) is 0 Å². The zero-order chi connectivity index (χ0) is 14.9. The van der Waals surface area contributed by atoms with Gasteiger partial charge in [0.25, 0.3) is 0 Å². The van der Waals surface area contributed by atoms with Crippen molar-refractivity contribution in [2.45, 2.75) is 39.5 Å². The number of rotatable bonds is 3. The van der Waals surface area contributed by atoms with Gasteiger partial charge in [0, 0.05) is 10.4 Å². The molecule has 0 aliphatic heterocycles. The molecule has 0 saturated carbocycles. The van der Waals surface area contributed by atoms with E-state index in [9.17, 15) is 4.79 Å². The first-order valence-electron chi connectivity index (χ1n) is 6.63. The third-order valence-electron chi connectivity index (χ3n) is 3.19. The minimum atomic E-state index is -0.339. The van der Waals surface area contributed by atoms with E-state index in [0.717, 1.165) is 21.1 Å². The van der Waals surface area contributed by atoms with Crippen LogP contribution in [-0.2, 0) is 16.6 Å². The molecule has 1 aromatic heterocycles. The molecule has 0 saturated heterocycles. The molecule has 0 spiro atoms. The minimum absolute atomic E-state index is 0.146. The summed E-state index contributed by atoms with van der Waals surface area (Å²) < 4.78 is 0. The van der Waals surface area contributed by atoms with Crippen LogP contribution in [0.25, 0.3) is 11.3 Å². The summed E-state index contributed by atoms with van der Waals surface area (Å²) in [4.78, 5) is 16.6. The molecule has 0 bridgehead atoms. The minimum Gasteiger partial charge on any atom is -0.369 e. The van der Waals surface area contributed by atoms with Crippen molar-refractivity contribution in [1.82, 2.24) is 4.98 Å². The van der Waals surface area contributed by atoms with E-state index in [2.05, 4.69) is 50.0 Å². The molecule has 2 aromatic rings. The number of hydrogen-bond donors (Lipinski definition) is 1. The number of benzene rings is 1. The molecule has 0 radical (unpaired) electrons. The molecule has 4 heteroatoms. The van der Waals surface area contributed by atoms with Crippen molar-refractivity contribution in [3.63, 3.8) is 0 Å². The van der Waals surface area contributed by atoms with Gasteiger partial charge in [-0.1, -0.05) is 45.0 Å². The molecule has 2 rings (SSSR count). The summed E-state index contributed by atoms with van der Waals surface area (Å²) >= 11 is 1.54. The van der Waals surface area contributed by atoms with E-state index in [1.165, 1.54) is 16.9 Å². The lowest BCUT2D eigenvalue weighted by molar-refractivity contribution is -0.117. The van der Waals surface area contributed by atoms with Crippen LogP contribution in [0.3, 0.4) is 0 Å². The van der Waals surface area contributed by atoms with Crippen molar-refractivity contribution >= 4 is 17.2 Å². The second-order valence-corrected chi connectivity index (χ2v) is 7.27. The average Bonchev–Trinajstić information content (AvgIpc) is 2.68. The lowest BCUT2D eigenvalue weighted by atomic mass is 9.86. The maximum absolute atomic E-state index is 11.0. The zero-order valence-electron chi connectivity index (χ0n) is 12.4. The Morgan fingerprint density at radius 2 is 1.85 bits per heavy atom. The number of amides is 1. The topological polar surface area (TPSA) is 56.0 Å². The van der Waals surface area contributed by atoms with Gasteiger partial charge >= 0.3 is 0 Å². The van der Waals surface area contributed by atoms with Gasteiger partial charge in [0.05, 0.1) is 12.1 Å². The van der Waals surface area contributed by atoms with E-state index in [-0.39, 0.29) is 17.7 Å². The third-order valence-corrected chi connectivity index (χ3v) is 4.16. The van der Waals surface area contributed by atoms with Crippen LogP contribution < -0.4 is 5.73 Å². The van der Waals surface area contributed by atoms with Gasteiger partial charge in [-0.15, -0.1) is 11.3 Å². The van der Waals surface area contributed by atoms with Gasteiger partial charge in [-0.3, -0.25) is 4.79 Å². The van der Waals surface area contributed by atoms with Gasteiger partial charge in [-0.2, -0.15) is 0 Å². The lowest BCUT2D eigenvalue weighted by Gasteiger charge is -2.19. The van der Waals surface area contributed by atoms with Crippen molar-refractivity contribution in [2.75, 3.05) is 0 Å². The van der Waals surface area contributed by atoms with Gasteiger partial charge in [-0.05, 0) is 17.9 Å². The highest BCUT2D eigenvalue weighted by atomic mass is 32.1. The van der Waals surface area contributed by atoms with Gasteiger partial charge < -0.3 is 5.73 Å². The normalized spacial score (nSPS) is 11.6. The van der Waals surface area contributed by atoms with Crippen molar-refractivity contribution in [1.29, 1.82) is 0 Å². The van der Waals surface area contributed by atoms with Crippen molar-refractivity contribution in [3.8, 4) is 11.3 Å². The SMILES string of the molecule is Cc1sc(CC(N)=O)nc1-c1ccc(C(C)(C)C)cc1. The van der Waals surface area contributed by atoms with Crippen LogP contribution in [-0.4, -0.2) is 10.9 Å². The maximum atomic E-state index is 11.0.